The number of benzene rings is 1. The molecule has 0 heterocycles. The summed E-state index contributed by atoms with van der Waals surface area (Å²) in [5.74, 6) is 0.195. The van der Waals surface area contributed by atoms with Crippen LogP contribution in [0.2, 0.25) is 0 Å². The Morgan fingerprint density at radius 3 is 2.60 bits per heavy atom. The maximum Gasteiger partial charge on any atom is 0.253 e. The number of carbonyl (C=O) groups is 2. The van der Waals surface area contributed by atoms with Crippen molar-refractivity contribution in [2.24, 2.45) is 0 Å². The molecule has 0 saturated carbocycles. The molecule has 0 bridgehead atoms. The number of amides is 2. The third-order valence-electron chi connectivity index (χ3n) is 2.59. The van der Waals surface area contributed by atoms with Crippen LogP contribution in [0.1, 0.15) is 30.6 Å². The number of rotatable bonds is 6. The first-order valence-corrected chi connectivity index (χ1v) is 6.45. The zero-order valence-electron chi connectivity index (χ0n) is 12.0. The number of nitrogen functional groups attached to an aromatic ring is 1. The summed E-state index contributed by atoms with van der Waals surface area (Å²) in [4.78, 5) is 23.3. The van der Waals surface area contributed by atoms with Crippen LogP contribution in [0.3, 0.4) is 0 Å². The maximum atomic E-state index is 11.9. The Bertz CT molecular complexity index is 487. The minimum absolute atomic E-state index is 0.0930. The van der Waals surface area contributed by atoms with Crippen molar-refractivity contribution in [2.45, 2.75) is 26.3 Å². The Balaban J connectivity index is 2.49. The molecule has 110 valence electrons. The highest BCUT2D eigenvalue weighted by Crippen LogP contribution is 2.19. The molecule has 1 aromatic rings. The fraction of sp³-hybridized carbons (Fsp3) is 0.429. The minimum Gasteiger partial charge on any atom is -0.497 e. The lowest BCUT2D eigenvalue weighted by Gasteiger charge is -2.10. The van der Waals surface area contributed by atoms with Gasteiger partial charge in [0.2, 0.25) is 5.91 Å². The molecule has 0 radical (unpaired) electrons. The Morgan fingerprint density at radius 1 is 1.35 bits per heavy atom. The van der Waals surface area contributed by atoms with Crippen molar-refractivity contribution >= 4 is 17.5 Å². The maximum absolute atomic E-state index is 11.9. The molecular weight excluding hydrogens is 258 g/mol. The molecule has 6 heteroatoms. The topological polar surface area (TPSA) is 93.4 Å². The first-order valence-electron chi connectivity index (χ1n) is 6.45. The quantitative estimate of drug-likeness (QED) is 0.675. The highest BCUT2D eigenvalue weighted by molar-refractivity contribution is 5.99. The molecule has 1 rings (SSSR count). The van der Waals surface area contributed by atoms with Gasteiger partial charge in [0.05, 0.1) is 12.7 Å². The molecule has 0 atom stereocenters. The fourth-order valence-corrected chi connectivity index (χ4v) is 1.65. The lowest BCUT2D eigenvalue weighted by molar-refractivity contribution is -0.121. The zero-order chi connectivity index (χ0) is 15.1. The standard InChI is InChI=1S/C14H21N3O3/c1-9(2)17-13(18)6-7-16-14(19)11-5-4-10(20-3)8-12(11)15/h4-5,8-9H,6-7,15H2,1-3H3,(H,16,19)(H,17,18). The smallest absolute Gasteiger partial charge is 0.253 e. The van der Waals surface area contributed by atoms with E-state index in [0.29, 0.717) is 17.0 Å². The van der Waals surface area contributed by atoms with Gasteiger partial charge in [0.25, 0.3) is 5.91 Å². The third-order valence-corrected chi connectivity index (χ3v) is 2.59. The van der Waals surface area contributed by atoms with E-state index in [-0.39, 0.29) is 30.8 Å². The van der Waals surface area contributed by atoms with Gasteiger partial charge in [0, 0.05) is 30.8 Å². The van der Waals surface area contributed by atoms with Gasteiger partial charge in [-0.1, -0.05) is 0 Å². The number of carbonyl (C=O) groups excluding carboxylic acids is 2. The second-order valence-corrected chi connectivity index (χ2v) is 4.68. The van der Waals surface area contributed by atoms with Crippen molar-refractivity contribution in [3.05, 3.63) is 23.8 Å². The molecule has 1 aromatic carbocycles. The summed E-state index contributed by atoms with van der Waals surface area (Å²) < 4.78 is 5.01. The predicted octanol–water partition coefficient (Wildman–Crippen LogP) is 0.922. The third kappa shape index (κ3) is 4.79. The molecule has 0 aromatic heterocycles. The highest BCUT2D eigenvalue weighted by atomic mass is 16.5. The second-order valence-electron chi connectivity index (χ2n) is 4.68. The summed E-state index contributed by atoms with van der Waals surface area (Å²) in [7, 11) is 1.53. The van der Waals surface area contributed by atoms with E-state index in [1.54, 1.807) is 18.2 Å². The summed E-state index contributed by atoms with van der Waals surface area (Å²) in [6, 6.07) is 4.94. The van der Waals surface area contributed by atoms with Crippen LogP contribution < -0.4 is 21.1 Å². The Kier molecular flexibility index (Phi) is 5.83. The van der Waals surface area contributed by atoms with Crippen LogP contribution in [0.25, 0.3) is 0 Å². The normalized spacial score (nSPS) is 10.2. The highest BCUT2D eigenvalue weighted by Gasteiger charge is 2.11. The minimum atomic E-state index is -0.303. The van der Waals surface area contributed by atoms with Crippen molar-refractivity contribution in [1.82, 2.24) is 10.6 Å². The number of methoxy groups -OCH3 is 1. The Morgan fingerprint density at radius 2 is 2.05 bits per heavy atom. The first-order chi connectivity index (χ1) is 9.43. The summed E-state index contributed by atoms with van der Waals surface area (Å²) >= 11 is 0. The van der Waals surface area contributed by atoms with E-state index in [0.717, 1.165) is 0 Å². The number of anilines is 1. The molecule has 4 N–H and O–H groups in total. The van der Waals surface area contributed by atoms with Gasteiger partial charge < -0.3 is 21.1 Å². The van der Waals surface area contributed by atoms with E-state index >= 15 is 0 Å². The number of nitrogens with two attached hydrogens (primary N) is 1. The summed E-state index contributed by atoms with van der Waals surface area (Å²) in [5.41, 5.74) is 6.49. The Hall–Kier alpha value is -2.24. The summed E-state index contributed by atoms with van der Waals surface area (Å²) in [6.07, 6.45) is 0.236. The molecule has 2 amide bonds. The molecule has 6 nitrogen and oxygen atoms in total. The molecule has 0 aliphatic heterocycles. The van der Waals surface area contributed by atoms with Gasteiger partial charge in [0.1, 0.15) is 5.75 Å². The lowest BCUT2D eigenvalue weighted by atomic mass is 10.1. The van der Waals surface area contributed by atoms with E-state index < -0.39 is 0 Å². The van der Waals surface area contributed by atoms with E-state index in [1.165, 1.54) is 7.11 Å². The average molecular weight is 279 g/mol. The van der Waals surface area contributed by atoms with Gasteiger partial charge in [-0.2, -0.15) is 0 Å². The van der Waals surface area contributed by atoms with Crippen LogP contribution in [0.15, 0.2) is 18.2 Å². The number of nitrogens with one attached hydrogen (secondary N) is 2. The van der Waals surface area contributed by atoms with Crippen molar-refractivity contribution in [2.75, 3.05) is 19.4 Å². The number of hydrogen-bond donors (Lipinski definition) is 3. The van der Waals surface area contributed by atoms with E-state index in [4.69, 9.17) is 10.5 Å². The molecular formula is C14H21N3O3. The van der Waals surface area contributed by atoms with E-state index in [2.05, 4.69) is 10.6 Å². The predicted molar refractivity (Wildman–Crippen MR) is 77.6 cm³/mol. The largest absolute Gasteiger partial charge is 0.497 e. The molecule has 0 fully saturated rings. The van der Waals surface area contributed by atoms with Gasteiger partial charge in [-0.3, -0.25) is 9.59 Å². The number of hydrogen-bond acceptors (Lipinski definition) is 4. The molecule has 0 spiro atoms. The first kappa shape index (κ1) is 15.8. The monoisotopic (exact) mass is 279 g/mol. The van der Waals surface area contributed by atoms with Crippen LogP contribution in [0, 0.1) is 0 Å². The SMILES string of the molecule is COc1ccc(C(=O)NCCC(=O)NC(C)C)c(N)c1. The molecule has 20 heavy (non-hydrogen) atoms. The molecule has 0 unspecified atom stereocenters. The average Bonchev–Trinajstić information content (AvgIpc) is 2.37. The van der Waals surface area contributed by atoms with Crippen LogP contribution in [0.5, 0.6) is 5.75 Å². The van der Waals surface area contributed by atoms with Crippen molar-refractivity contribution in [3.8, 4) is 5.75 Å². The van der Waals surface area contributed by atoms with Crippen LogP contribution in [0.4, 0.5) is 5.69 Å². The van der Waals surface area contributed by atoms with Crippen LogP contribution >= 0.6 is 0 Å². The lowest BCUT2D eigenvalue weighted by Crippen LogP contribution is -2.34. The Labute approximate surface area is 118 Å². The van der Waals surface area contributed by atoms with E-state index in [1.807, 2.05) is 13.8 Å². The molecule has 0 saturated heterocycles. The van der Waals surface area contributed by atoms with Gasteiger partial charge >= 0.3 is 0 Å². The number of ether oxygens (including phenoxy) is 1. The summed E-state index contributed by atoms with van der Waals surface area (Å²) in [5, 5.41) is 5.41. The molecule has 0 aliphatic rings. The second kappa shape index (κ2) is 7.37. The fourth-order valence-electron chi connectivity index (χ4n) is 1.65. The van der Waals surface area contributed by atoms with Gasteiger partial charge in [-0.05, 0) is 26.0 Å². The molecule has 0 aliphatic carbocycles. The van der Waals surface area contributed by atoms with Crippen molar-refractivity contribution in [3.63, 3.8) is 0 Å². The van der Waals surface area contributed by atoms with Crippen molar-refractivity contribution < 1.29 is 14.3 Å². The van der Waals surface area contributed by atoms with Crippen LogP contribution in [-0.4, -0.2) is 31.5 Å². The summed E-state index contributed by atoms with van der Waals surface area (Å²) in [6.45, 7) is 4.03. The van der Waals surface area contributed by atoms with Gasteiger partial charge in [-0.25, -0.2) is 0 Å². The van der Waals surface area contributed by atoms with Gasteiger partial charge in [-0.15, -0.1) is 0 Å². The van der Waals surface area contributed by atoms with Gasteiger partial charge in [0.15, 0.2) is 0 Å². The zero-order valence-corrected chi connectivity index (χ0v) is 12.0. The van der Waals surface area contributed by atoms with Crippen molar-refractivity contribution in [1.29, 1.82) is 0 Å². The van der Waals surface area contributed by atoms with E-state index in [9.17, 15) is 9.59 Å². The van der Waals surface area contributed by atoms with Crippen LogP contribution in [-0.2, 0) is 4.79 Å².